The third-order valence-corrected chi connectivity index (χ3v) is 4.03. The third-order valence-electron chi connectivity index (χ3n) is 4.03. The van der Waals surface area contributed by atoms with E-state index in [4.69, 9.17) is 5.26 Å². The van der Waals surface area contributed by atoms with E-state index in [0.717, 1.165) is 44.7 Å². The number of hydrogen-bond acceptors (Lipinski definition) is 4. The summed E-state index contributed by atoms with van der Waals surface area (Å²) in [5.41, 5.74) is 1.38. The fourth-order valence-electron chi connectivity index (χ4n) is 2.99. The molecule has 2 fully saturated rings. The number of nitrogens with one attached hydrogen (secondary N) is 1. The van der Waals surface area contributed by atoms with Crippen LogP contribution in [0.15, 0.2) is 18.3 Å². The van der Waals surface area contributed by atoms with Crippen molar-refractivity contribution in [2.75, 3.05) is 31.1 Å². The van der Waals surface area contributed by atoms with Gasteiger partial charge in [-0.05, 0) is 25.0 Å². The van der Waals surface area contributed by atoms with E-state index >= 15 is 0 Å². The maximum absolute atomic E-state index is 11.7. The minimum atomic E-state index is 0.0579. The van der Waals surface area contributed by atoms with Crippen molar-refractivity contribution in [3.8, 4) is 6.07 Å². The van der Waals surface area contributed by atoms with Crippen molar-refractivity contribution >= 4 is 11.7 Å². The minimum Gasteiger partial charge on any atom is -0.369 e. The van der Waals surface area contributed by atoms with E-state index in [1.165, 1.54) is 0 Å². The van der Waals surface area contributed by atoms with Gasteiger partial charge in [0.15, 0.2) is 5.69 Å². The van der Waals surface area contributed by atoms with Crippen molar-refractivity contribution in [3.63, 3.8) is 0 Å². The summed E-state index contributed by atoms with van der Waals surface area (Å²) in [6.07, 6.45) is 3.52. The number of aromatic nitrogens is 1. The molecule has 6 heteroatoms. The van der Waals surface area contributed by atoms with Gasteiger partial charge in [0.2, 0.25) is 0 Å². The summed E-state index contributed by atoms with van der Waals surface area (Å²) in [6.45, 7) is 3.27. The average Bonchev–Trinajstić information content (AvgIpc) is 2.93. The number of rotatable bonds is 2. The van der Waals surface area contributed by atoms with Crippen LogP contribution in [0.5, 0.6) is 0 Å². The van der Waals surface area contributed by atoms with Crippen LogP contribution in [0.2, 0.25) is 0 Å². The van der Waals surface area contributed by atoms with Crippen LogP contribution in [-0.4, -0.2) is 48.1 Å². The Bertz CT molecular complexity index is 545. The highest BCUT2D eigenvalue weighted by Gasteiger charge is 2.31. The Kier molecular flexibility index (Phi) is 3.42. The molecule has 2 aliphatic heterocycles. The number of piperidine rings is 1. The summed E-state index contributed by atoms with van der Waals surface area (Å²) >= 11 is 0. The lowest BCUT2D eigenvalue weighted by atomic mass is 10.0. The van der Waals surface area contributed by atoms with Crippen molar-refractivity contribution in [2.24, 2.45) is 0 Å². The SMILES string of the molecule is N#Cc1ncccc1N1CCC(N2CCNC2=O)CC1. The molecule has 1 N–H and O–H groups in total. The Hall–Kier alpha value is -2.29. The van der Waals surface area contributed by atoms with Crippen LogP contribution in [0.3, 0.4) is 0 Å². The number of amides is 2. The Morgan fingerprint density at radius 2 is 2.15 bits per heavy atom. The van der Waals surface area contributed by atoms with Crippen molar-refractivity contribution < 1.29 is 4.79 Å². The molecule has 0 unspecified atom stereocenters. The first-order chi connectivity index (χ1) is 9.79. The molecule has 0 spiro atoms. The summed E-state index contributed by atoms with van der Waals surface area (Å²) in [5.74, 6) is 0. The van der Waals surface area contributed by atoms with Crippen LogP contribution < -0.4 is 10.2 Å². The van der Waals surface area contributed by atoms with E-state index in [1.807, 2.05) is 17.0 Å². The van der Waals surface area contributed by atoms with E-state index in [-0.39, 0.29) is 6.03 Å². The maximum atomic E-state index is 11.7. The molecule has 0 bridgehead atoms. The number of hydrogen-bond donors (Lipinski definition) is 1. The molecule has 0 atom stereocenters. The van der Waals surface area contributed by atoms with Crippen molar-refractivity contribution in [1.82, 2.24) is 15.2 Å². The third kappa shape index (κ3) is 2.27. The van der Waals surface area contributed by atoms with Gasteiger partial charge in [-0.15, -0.1) is 0 Å². The van der Waals surface area contributed by atoms with Crippen LogP contribution in [0.1, 0.15) is 18.5 Å². The molecule has 0 radical (unpaired) electrons. The number of pyridine rings is 1. The zero-order valence-corrected chi connectivity index (χ0v) is 11.2. The predicted octanol–water partition coefficient (Wildman–Crippen LogP) is 0.947. The van der Waals surface area contributed by atoms with E-state index in [2.05, 4.69) is 21.3 Å². The molecule has 2 saturated heterocycles. The van der Waals surface area contributed by atoms with Gasteiger partial charge in [-0.3, -0.25) is 0 Å². The molecule has 6 nitrogen and oxygen atoms in total. The van der Waals surface area contributed by atoms with E-state index in [0.29, 0.717) is 11.7 Å². The molecule has 2 aliphatic rings. The maximum Gasteiger partial charge on any atom is 0.317 e. The van der Waals surface area contributed by atoms with Gasteiger partial charge < -0.3 is 15.1 Å². The van der Waals surface area contributed by atoms with Gasteiger partial charge in [0.25, 0.3) is 0 Å². The quantitative estimate of drug-likeness (QED) is 0.869. The number of carbonyl (C=O) groups is 1. The molecule has 104 valence electrons. The van der Waals surface area contributed by atoms with Crippen molar-refractivity contribution in [1.29, 1.82) is 5.26 Å². The van der Waals surface area contributed by atoms with Crippen LogP contribution >= 0.6 is 0 Å². The lowest BCUT2D eigenvalue weighted by Crippen LogP contribution is -2.46. The number of nitriles is 1. The second-order valence-corrected chi connectivity index (χ2v) is 5.13. The lowest BCUT2D eigenvalue weighted by Gasteiger charge is -2.37. The zero-order chi connectivity index (χ0) is 13.9. The van der Waals surface area contributed by atoms with Gasteiger partial charge >= 0.3 is 6.03 Å². The second kappa shape index (κ2) is 5.37. The van der Waals surface area contributed by atoms with Crippen LogP contribution in [0.25, 0.3) is 0 Å². The highest BCUT2D eigenvalue weighted by atomic mass is 16.2. The van der Waals surface area contributed by atoms with Crippen LogP contribution in [0, 0.1) is 11.3 Å². The predicted molar refractivity (Wildman–Crippen MR) is 74.3 cm³/mol. The second-order valence-electron chi connectivity index (χ2n) is 5.13. The number of urea groups is 1. The number of anilines is 1. The zero-order valence-electron chi connectivity index (χ0n) is 11.2. The Morgan fingerprint density at radius 3 is 2.80 bits per heavy atom. The molecule has 0 saturated carbocycles. The smallest absolute Gasteiger partial charge is 0.317 e. The van der Waals surface area contributed by atoms with Gasteiger partial charge in [-0.2, -0.15) is 5.26 Å². The molecular weight excluding hydrogens is 254 g/mol. The minimum absolute atomic E-state index is 0.0579. The van der Waals surface area contributed by atoms with Crippen molar-refractivity contribution in [3.05, 3.63) is 24.0 Å². The topological polar surface area (TPSA) is 72.3 Å². The monoisotopic (exact) mass is 271 g/mol. The first kappa shape index (κ1) is 12.7. The molecule has 0 aromatic carbocycles. The normalized spacial score (nSPS) is 19.9. The summed E-state index contributed by atoms with van der Waals surface area (Å²) in [4.78, 5) is 19.9. The highest BCUT2D eigenvalue weighted by Crippen LogP contribution is 2.24. The molecule has 20 heavy (non-hydrogen) atoms. The molecular formula is C14H17N5O. The van der Waals surface area contributed by atoms with Gasteiger partial charge in [0.05, 0.1) is 5.69 Å². The first-order valence-electron chi connectivity index (χ1n) is 6.94. The van der Waals surface area contributed by atoms with Gasteiger partial charge in [-0.1, -0.05) is 0 Å². The molecule has 1 aromatic rings. The fourth-order valence-corrected chi connectivity index (χ4v) is 2.99. The van der Waals surface area contributed by atoms with E-state index in [9.17, 15) is 4.79 Å². The number of carbonyl (C=O) groups excluding carboxylic acids is 1. The van der Waals surface area contributed by atoms with E-state index < -0.39 is 0 Å². The lowest BCUT2D eigenvalue weighted by molar-refractivity contribution is 0.186. The molecule has 3 heterocycles. The Morgan fingerprint density at radius 1 is 1.35 bits per heavy atom. The first-order valence-corrected chi connectivity index (χ1v) is 6.94. The molecule has 3 rings (SSSR count). The summed E-state index contributed by atoms with van der Waals surface area (Å²) in [6, 6.07) is 6.31. The number of nitrogens with zero attached hydrogens (tertiary/aromatic N) is 4. The molecule has 0 aliphatic carbocycles. The van der Waals surface area contributed by atoms with Gasteiger partial charge in [-0.25, -0.2) is 9.78 Å². The van der Waals surface area contributed by atoms with Gasteiger partial charge in [0.1, 0.15) is 6.07 Å². The molecule has 1 aromatic heterocycles. The highest BCUT2D eigenvalue weighted by molar-refractivity contribution is 5.76. The standard InChI is InChI=1S/C14H17N5O/c15-10-12-13(2-1-5-16-12)18-7-3-11(4-8-18)19-9-6-17-14(19)20/h1-2,5,11H,3-4,6-9H2,(H,17,20). The van der Waals surface area contributed by atoms with Gasteiger partial charge in [0, 0.05) is 38.4 Å². The van der Waals surface area contributed by atoms with Crippen LogP contribution in [0.4, 0.5) is 10.5 Å². The summed E-state index contributed by atoms with van der Waals surface area (Å²) < 4.78 is 0. The van der Waals surface area contributed by atoms with Crippen molar-refractivity contribution in [2.45, 2.75) is 18.9 Å². The molecule has 2 amide bonds. The fraction of sp³-hybridized carbons (Fsp3) is 0.500. The Labute approximate surface area is 118 Å². The van der Waals surface area contributed by atoms with Crippen LogP contribution in [-0.2, 0) is 0 Å². The average molecular weight is 271 g/mol. The summed E-state index contributed by atoms with van der Waals surface area (Å²) in [5, 5.41) is 12.0. The summed E-state index contributed by atoms with van der Waals surface area (Å²) in [7, 11) is 0. The van der Waals surface area contributed by atoms with E-state index in [1.54, 1.807) is 6.20 Å². The largest absolute Gasteiger partial charge is 0.369 e. The Balaban J connectivity index is 1.67.